The van der Waals surface area contributed by atoms with Gasteiger partial charge in [0.1, 0.15) is 5.75 Å². The molecule has 2 fully saturated rings. The van der Waals surface area contributed by atoms with Gasteiger partial charge in [-0.15, -0.1) is 0 Å². The van der Waals surface area contributed by atoms with E-state index in [0.717, 1.165) is 31.6 Å². The van der Waals surface area contributed by atoms with Crippen LogP contribution in [0.5, 0.6) is 5.75 Å². The summed E-state index contributed by atoms with van der Waals surface area (Å²) in [5, 5.41) is 20.1. The zero-order chi connectivity index (χ0) is 16.2. The van der Waals surface area contributed by atoms with E-state index in [1.54, 1.807) is 12.1 Å². The van der Waals surface area contributed by atoms with Crippen LogP contribution in [0.4, 0.5) is 0 Å². The molecule has 5 heteroatoms. The van der Waals surface area contributed by atoms with Gasteiger partial charge in [-0.2, -0.15) is 0 Å². The third-order valence-corrected chi connectivity index (χ3v) is 5.54. The Labute approximate surface area is 143 Å². The van der Waals surface area contributed by atoms with Crippen molar-refractivity contribution in [3.05, 3.63) is 28.8 Å². The van der Waals surface area contributed by atoms with Crippen LogP contribution in [0.25, 0.3) is 0 Å². The molecule has 128 valence electrons. The molecule has 0 unspecified atom stereocenters. The highest BCUT2D eigenvalue weighted by Gasteiger charge is 2.33. The number of piperazine rings is 1. The second-order valence-corrected chi connectivity index (χ2v) is 7.29. The van der Waals surface area contributed by atoms with Crippen LogP contribution in [0.1, 0.15) is 37.7 Å². The Hall–Kier alpha value is -0.810. The van der Waals surface area contributed by atoms with E-state index in [2.05, 4.69) is 9.80 Å². The first-order valence-electron chi connectivity index (χ1n) is 8.73. The van der Waals surface area contributed by atoms with E-state index in [-0.39, 0.29) is 6.61 Å². The SMILES string of the molecule is OCC[C@@H]1CN(Cc2cc(Cl)ccc2O)CCN1C1CCCC1. The number of benzene rings is 1. The fourth-order valence-corrected chi connectivity index (χ4v) is 4.32. The number of phenols is 1. The Morgan fingerprint density at radius 2 is 1.96 bits per heavy atom. The summed E-state index contributed by atoms with van der Waals surface area (Å²) in [4.78, 5) is 4.99. The standard InChI is InChI=1S/C18H27ClN2O2/c19-15-5-6-18(23)14(11-15)12-20-8-9-21(16-3-1-2-4-16)17(13-20)7-10-22/h5-6,11,16-17,22-23H,1-4,7-10,12-13H2/t17-/m1/s1. The number of hydrogen-bond donors (Lipinski definition) is 2. The molecule has 2 aliphatic rings. The van der Waals surface area contributed by atoms with Crippen molar-refractivity contribution in [2.24, 2.45) is 0 Å². The molecule has 0 aromatic heterocycles. The molecule has 1 aliphatic heterocycles. The Kier molecular flexibility index (Phi) is 5.81. The van der Waals surface area contributed by atoms with Crippen molar-refractivity contribution in [1.29, 1.82) is 0 Å². The first-order valence-corrected chi connectivity index (χ1v) is 9.11. The molecular weight excluding hydrogens is 312 g/mol. The van der Waals surface area contributed by atoms with Crippen LogP contribution in [0.3, 0.4) is 0 Å². The molecule has 0 spiro atoms. The lowest BCUT2D eigenvalue weighted by molar-refractivity contribution is 0.0265. The highest BCUT2D eigenvalue weighted by Crippen LogP contribution is 2.29. The molecule has 0 radical (unpaired) electrons. The van der Waals surface area contributed by atoms with Crippen LogP contribution < -0.4 is 0 Å². The van der Waals surface area contributed by atoms with Crippen molar-refractivity contribution in [1.82, 2.24) is 9.80 Å². The molecule has 0 amide bonds. The summed E-state index contributed by atoms with van der Waals surface area (Å²) < 4.78 is 0. The number of aromatic hydroxyl groups is 1. The lowest BCUT2D eigenvalue weighted by Crippen LogP contribution is -2.56. The van der Waals surface area contributed by atoms with Gasteiger partial charge in [-0.05, 0) is 37.5 Å². The molecular formula is C18H27ClN2O2. The molecule has 1 saturated heterocycles. The van der Waals surface area contributed by atoms with Crippen LogP contribution in [0.15, 0.2) is 18.2 Å². The van der Waals surface area contributed by atoms with Gasteiger partial charge in [-0.25, -0.2) is 0 Å². The summed E-state index contributed by atoms with van der Waals surface area (Å²) in [6, 6.07) is 6.35. The van der Waals surface area contributed by atoms with E-state index >= 15 is 0 Å². The summed E-state index contributed by atoms with van der Waals surface area (Å²) >= 11 is 6.05. The van der Waals surface area contributed by atoms with Crippen LogP contribution in [0.2, 0.25) is 5.02 Å². The van der Waals surface area contributed by atoms with Crippen molar-refractivity contribution in [2.75, 3.05) is 26.2 Å². The van der Waals surface area contributed by atoms with Gasteiger partial charge in [0.2, 0.25) is 0 Å². The fourth-order valence-electron chi connectivity index (χ4n) is 4.12. The van der Waals surface area contributed by atoms with Gasteiger partial charge < -0.3 is 10.2 Å². The van der Waals surface area contributed by atoms with E-state index in [0.29, 0.717) is 29.4 Å². The molecule has 2 N–H and O–H groups in total. The van der Waals surface area contributed by atoms with Crippen molar-refractivity contribution >= 4 is 11.6 Å². The summed E-state index contributed by atoms with van der Waals surface area (Å²) in [6.45, 7) is 3.96. The van der Waals surface area contributed by atoms with E-state index in [4.69, 9.17) is 11.6 Å². The third kappa shape index (κ3) is 4.18. The van der Waals surface area contributed by atoms with Crippen molar-refractivity contribution in [2.45, 2.75) is 50.7 Å². The molecule has 1 saturated carbocycles. The molecule has 1 heterocycles. The smallest absolute Gasteiger partial charge is 0.120 e. The normalized spacial score (nSPS) is 24.3. The lowest BCUT2D eigenvalue weighted by atomic mass is 10.0. The van der Waals surface area contributed by atoms with Gasteiger partial charge in [-0.3, -0.25) is 9.80 Å². The first kappa shape index (κ1) is 17.0. The van der Waals surface area contributed by atoms with E-state index in [1.165, 1.54) is 25.7 Å². The van der Waals surface area contributed by atoms with Crippen LogP contribution >= 0.6 is 11.6 Å². The maximum atomic E-state index is 10.0. The minimum Gasteiger partial charge on any atom is -0.508 e. The Balaban J connectivity index is 1.65. The van der Waals surface area contributed by atoms with Crippen molar-refractivity contribution < 1.29 is 10.2 Å². The second-order valence-electron chi connectivity index (χ2n) is 6.85. The van der Waals surface area contributed by atoms with Gasteiger partial charge in [0.15, 0.2) is 0 Å². The van der Waals surface area contributed by atoms with Gasteiger partial charge in [0.05, 0.1) is 0 Å². The number of hydrogen-bond acceptors (Lipinski definition) is 4. The van der Waals surface area contributed by atoms with E-state index < -0.39 is 0 Å². The zero-order valence-corrected chi connectivity index (χ0v) is 14.4. The first-order chi connectivity index (χ1) is 11.2. The summed E-state index contributed by atoms with van der Waals surface area (Å²) in [7, 11) is 0. The highest BCUT2D eigenvalue weighted by atomic mass is 35.5. The Morgan fingerprint density at radius 1 is 1.17 bits per heavy atom. The van der Waals surface area contributed by atoms with Gasteiger partial charge >= 0.3 is 0 Å². The predicted molar refractivity (Wildman–Crippen MR) is 92.8 cm³/mol. The number of halogens is 1. The number of rotatable bonds is 5. The highest BCUT2D eigenvalue weighted by molar-refractivity contribution is 6.30. The molecule has 1 aromatic carbocycles. The fraction of sp³-hybridized carbons (Fsp3) is 0.667. The molecule has 23 heavy (non-hydrogen) atoms. The third-order valence-electron chi connectivity index (χ3n) is 5.30. The predicted octanol–water partition coefficient (Wildman–Crippen LogP) is 2.86. The number of nitrogens with zero attached hydrogens (tertiary/aromatic N) is 2. The van der Waals surface area contributed by atoms with Crippen LogP contribution in [-0.2, 0) is 6.54 Å². The topological polar surface area (TPSA) is 46.9 Å². The Bertz CT molecular complexity index is 520. The largest absolute Gasteiger partial charge is 0.508 e. The van der Waals surface area contributed by atoms with Crippen molar-refractivity contribution in [3.63, 3.8) is 0 Å². The molecule has 3 rings (SSSR count). The zero-order valence-electron chi connectivity index (χ0n) is 13.6. The minimum atomic E-state index is 0.240. The molecule has 4 nitrogen and oxygen atoms in total. The van der Waals surface area contributed by atoms with Crippen LogP contribution in [0, 0.1) is 0 Å². The number of phenolic OH excluding ortho intramolecular Hbond substituents is 1. The number of aliphatic hydroxyl groups excluding tert-OH is 1. The average molecular weight is 339 g/mol. The van der Waals surface area contributed by atoms with E-state index in [1.807, 2.05) is 6.07 Å². The second kappa shape index (κ2) is 7.84. The van der Waals surface area contributed by atoms with Gasteiger partial charge in [0.25, 0.3) is 0 Å². The summed E-state index contributed by atoms with van der Waals surface area (Å²) in [6.07, 6.45) is 6.11. The molecule has 1 atom stereocenters. The quantitative estimate of drug-likeness (QED) is 0.866. The molecule has 1 aromatic rings. The van der Waals surface area contributed by atoms with E-state index in [9.17, 15) is 10.2 Å². The van der Waals surface area contributed by atoms with Gasteiger partial charge in [0, 0.05) is 55.5 Å². The monoisotopic (exact) mass is 338 g/mol. The maximum Gasteiger partial charge on any atom is 0.120 e. The number of aliphatic hydroxyl groups is 1. The lowest BCUT2D eigenvalue weighted by Gasteiger charge is -2.44. The summed E-state index contributed by atoms with van der Waals surface area (Å²) in [5.41, 5.74) is 0.884. The molecule has 0 bridgehead atoms. The summed E-state index contributed by atoms with van der Waals surface area (Å²) in [5.74, 6) is 0.311. The Morgan fingerprint density at radius 3 is 2.70 bits per heavy atom. The van der Waals surface area contributed by atoms with Crippen molar-refractivity contribution in [3.8, 4) is 5.75 Å². The minimum absolute atomic E-state index is 0.240. The average Bonchev–Trinajstić information content (AvgIpc) is 3.06. The maximum absolute atomic E-state index is 10.0. The van der Waals surface area contributed by atoms with Gasteiger partial charge in [-0.1, -0.05) is 24.4 Å². The van der Waals surface area contributed by atoms with Crippen LogP contribution in [-0.4, -0.2) is 58.3 Å². The molecule has 1 aliphatic carbocycles.